The molecule has 3 aromatic rings. The summed E-state index contributed by atoms with van der Waals surface area (Å²) in [5.41, 5.74) is -0.452. The van der Waals surface area contributed by atoms with E-state index in [-0.39, 0.29) is 34.7 Å². The van der Waals surface area contributed by atoms with Crippen LogP contribution in [0.4, 0.5) is 13.2 Å². The minimum atomic E-state index is -4.58. The van der Waals surface area contributed by atoms with Gasteiger partial charge in [0.25, 0.3) is 0 Å². The number of alkyl halides is 3. The molecule has 5 rings (SSSR count). The van der Waals surface area contributed by atoms with Gasteiger partial charge in [-0.05, 0) is 60.4 Å². The molecule has 0 bridgehead atoms. The van der Waals surface area contributed by atoms with E-state index in [0.717, 1.165) is 16.8 Å². The fourth-order valence-corrected chi connectivity index (χ4v) is 8.41. The van der Waals surface area contributed by atoms with E-state index in [2.05, 4.69) is 5.32 Å². The van der Waals surface area contributed by atoms with Crippen LogP contribution in [0.15, 0.2) is 76.5 Å². The van der Waals surface area contributed by atoms with E-state index in [1.807, 2.05) is 30.3 Å². The number of rotatable bonds is 11. The summed E-state index contributed by atoms with van der Waals surface area (Å²) < 4.78 is 102. The summed E-state index contributed by atoms with van der Waals surface area (Å²) in [5, 5.41) is 15.5. The van der Waals surface area contributed by atoms with E-state index >= 15 is 0 Å². The molecule has 9 nitrogen and oxygen atoms in total. The number of hydrogen-bond acceptors (Lipinski definition) is 8. The number of nitrogens with zero attached hydrogens (tertiary/aromatic N) is 1. The van der Waals surface area contributed by atoms with Gasteiger partial charge in [0, 0.05) is 25.7 Å². The van der Waals surface area contributed by atoms with Gasteiger partial charge in [0.05, 0.1) is 34.2 Å². The zero-order chi connectivity index (χ0) is 31.6. The molecule has 0 aliphatic carbocycles. The van der Waals surface area contributed by atoms with Crippen LogP contribution in [0.3, 0.4) is 0 Å². The van der Waals surface area contributed by atoms with Crippen molar-refractivity contribution in [1.82, 2.24) is 9.62 Å². The zero-order valence-electron chi connectivity index (χ0n) is 23.9. The first kappa shape index (κ1) is 32.6. The first-order valence-corrected chi connectivity index (χ1v) is 17.4. The summed E-state index contributed by atoms with van der Waals surface area (Å²) in [4.78, 5) is -0.0126. The minimum Gasteiger partial charge on any atom is -0.491 e. The van der Waals surface area contributed by atoms with Crippen LogP contribution in [0.2, 0.25) is 0 Å². The van der Waals surface area contributed by atoms with Crippen LogP contribution in [-0.2, 0) is 24.6 Å². The van der Waals surface area contributed by atoms with Gasteiger partial charge < -0.3 is 19.9 Å². The van der Waals surface area contributed by atoms with Gasteiger partial charge in [0.15, 0.2) is 9.84 Å². The van der Waals surface area contributed by atoms with E-state index in [9.17, 15) is 35.1 Å². The number of halogens is 3. The number of hydrogen-bond donors (Lipinski definition) is 2. The number of sulfonamides is 1. The SMILES string of the molecule is O=S(=O)(CCC(F)(F)F)c1cccc(OC[C@@H](O)CNC2COC3(CCN(S(=O)(=O)c4ccc5ccccc5c4)CC3)C2)c1. The van der Waals surface area contributed by atoms with Gasteiger partial charge in [-0.2, -0.15) is 17.5 Å². The monoisotopic (exact) mass is 656 g/mol. The highest BCUT2D eigenvalue weighted by Crippen LogP contribution is 2.37. The highest BCUT2D eigenvalue weighted by atomic mass is 32.2. The van der Waals surface area contributed by atoms with Crippen molar-refractivity contribution in [2.24, 2.45) is 0 Å². The van der Waals surface area contributed by atoms with Crippen molar-refractivity contribution < 1.29 is 44.6 Å². The molecule has 1 spiro atoms. The number of benzene rings is 3. The first-order valence-electron chi connectivity index (χ1n) is 14.3. The lowest BCUT2D eigenvalue weighted by molar-refractivity contribution is -0.129. The fraction of sp³-hybridized carbons (Fsp3) is 0.467. The van der Waals surface area contributed by atoms with Crippen molar-refractivity contribution in [3.8, 4) is 5.75 Å². The Hall–Kier alpha value is -2.75. The lowest BCUT2D eigenvalue weighted by Crippen LogP contribution is -2.47. The molecule has 2 fully saturated rings. The predicted molar refractivity (Wildman–Crippen MR) is 158 cm³/mol. The molecule has 2 aliphatic heterocycles. The van der Waals surface area contributed by atoms with Crippen LogP contribution in [0.1, 0.15) is 25.7 Å². The fourth-order valence-electron chi connectivity index (χ4n) is 5.61. The molecule has 44 heavy (non-hydrogen) atoms. The molecule has 1 unspecified atom stereocenters. The lowest BCUT2D eigenvalue weighted by atomic mass is 9.88. The molecule has 14 heteroatoms. The maximum absolute atomic E-state index is 13.3. The molecule has 0 radical (unpaired) electrons. The van der Waals surface area contributed by atoms with Gasteiger partial charge in [0.2, 0.25) is 10.0 Å². The normalized spacial score (nSPS) is 20.2. The number of piperidine rings is 1. The van der Waals surface area contributed by atoms with E-state index in [0.29, 0.717) is 39.0 Å². The Morgan fingerprint density at radius 3 is 2.43 bits per heavy atom. The van der Waals surface area contributed by atoms with Crippen molar-refractivity contribution in [1.29, 1.82) is 0 Å². The summed E-state index contributed by atoms with van der Waals surface area (Å²) in [7, 11) is -7.80. The second-order valence-electron chi connectivity index (χ2n) is 11.3. The highest BCUT2D eigenvalue weighted by Gasteiger charge is 2.44. The average Bonchev–Trinajstić information content (AvgIpc) is 3.39. The van der Waals surface area contributed by atoms with Crippen LogP contribution in [0.25, 0.3) is 10.8 Å². The van der Waals surface area contributed by atoms with Gasteiger partial charge in [0.1, 0.15) is 18.5 Å². The number of fused-ring (bicyclic) bond motifs is 1. The van der Waals surface area contributed by atoms with Gasteiger partial charge in [-0.25, -0.2) is 16.8 Å². The number of aliphatic hydroxyl groups excluding tert-OH is 1. The molecule has 2 atom stereocenters. The van der Waals surface area contributed by atoms with Crippen molar-refractivity contribution in [3.63, 3.8) is 0 Å². The van der Waals surface area contributed by atoms with E-state index < -0.39 is 49.9 Å². The summed E-state index contributed by atoms with van der Waals surface area (Å²) in [6.07, 6.45) is -5.23. The standard InChI is InChI=1S/C30H35F3N2O7S2/c31-30(32,33)12-15-43(37,38)27-7-3-6-26(17-27)41-21-25(36)19-34-24-18-29(42-20-24)10-13-35(14-11-29)44(39,40)28-9-8-22-4-1-2-5-23(22)16-28/h1-9,16-17,24-25,34,36H,10-15,18-21H2/t24?,25-/m0/s1. The molecular weight excluding hydrogens is 621 g/mol. The maximum atomic E-state index is 13.3. The van der Waals surface area contributed by atoms with E-state index in [1.54, 1.807) is 12.1 Å². The molecule has 0 amide bonds. The maximum Gasteiger partial charge on any atom is 0.390 e. The topological polar surface area (TPSA) is 122 Å². The van der Waals surface area contributed by atoms with Crippen molar-refractivity contribution >= 4 is 30.6 Å². The summed E-state index contributed by atoms with van der Waals surface area (Å²) >= 11 is 0. The molecule has 0 saturated carbocycles. The van der Waals surface area contributed by atoms with Crippen LogP contribution in [0, 0.1) is 0 Å². The molecule has 2 N–H and O–H groups in total. The van der Waals surface area contributed by atoms with Crippen LogP contribution < -0.4 is 10.1 Å². The van der Waals surface area contributed by atoms with E-state index in [1.165, 1.54) is 22.5 Å². The Kier molecular flexibility index (Phi) is 9.59. The second kappa shape index (κ2) is 12.9. The summed E-state index contributed by atoms with van der Waals surface area (Å²) in [5.74, 6) is -0.943. The van der Waals surface area contributed by atoms with Crippen molar-refractivity contribution in [3.05, 3.63) is 66.7 Å². The highest BCUT2D eigenvalue weighted by molar-refractivity contribution is 7.91. The van der Waals surface area contributed by atoms with Crippen LogP contribution in [0.5, 0.6) is 5.75 Å². The Labute approximate surface area is 254 Å². The first-order chi connectivity index (χ1) is 20.7. The number of nitrogens with one attached hydrogen (secondary N) is 1. The molecule has 2 heterocycles. The minimum absolute atomic E-state index is 0.0598. The predicted octanol–water partition coefficient (Wildman–Crippen LogP) is 3.91. The number of sulfone groups is 1. The third kappa shape index (κ3) is 7.90. The quantitative estimate of drug-likeness (QED) is 0.319. The zero-order valence-corrected chi connectivity index (χ0v) is 25.5. The largest absolute Gasteiger partial charge is 0.491 e. The average molecular weight is 657 g/mol. The van der Waals surface area contributed by atoms with Crippen molar-refractivity contribution in [2.75, 3.05) is 38.6 Å². The van der Waals surface area contributed by atoms with Gasteiger partial charge in [-0.15, -0.1) is 0 Å². The number of ether oxygens (including phenoxy) is 2. The molecule has 0 aromatic heterocycles. The van der Waals surface area contributed by atoms with Gasteiger partial charge >= 0.3 is 6.18 Å². The molecule has 3 aromatic carbocycles. The third-order valence-electron chi connectivity index (χ3n) is 8.10. The lowest BCUT2D eigenvalue weighted by Gasteiger charge is -2.38. The molecular formula is C30H35F3N2O7S2. The van der Waals surface area contributed by atoms with Crippen molar-refractivity contribution in [2.45, 2.75) is 59.4 Å². The Morgan fingerprint density at radius 1 is 0.977 bits per heavy atom. The van der Waals surface area contributed by atoms with Gasteiger partial charge in [-0.1, -0.05) is 36.4 Å². The molecule has 2 saturated heterocycles. The Bertz CT molecular complexity index is 1680. The van der Waals surface area contributed by atoms with Gasteiger partial charge in [-0.3, -0.25) is 0 Å². The Morgan fingerprint density at radius 2 is 1.70 bits per heavy atom. The number of aliphatic hydroxyl groups is 1. The van der Waals surface area contributed by atoms with Crippen LogP contribution in [-0.4, -0.2) is 88.8 Å². The molecule has 240 valence electrons. The summed E-state index contributed by atoms with van der Waals surface area (Å²) in [6, 6.07) is 17.9. The Balaban J connectivity index is 1.07. The summed E-state index contributed by atoms with van der Waals surface area (Å²) in [6.45, 7) is 1.07. The third-order valence-corrected chi connectivity index (χ3v) is 11.7. The van der Waals surface area contributed by atoms with E-state index in [4.69, 9.17) is 9.47 Å². The molecule has 2 aliphatic rings. The van der Waals surface area contributed by atoms with Crippen LogP contribution >= 0.6 is 0 Å². The smallest absolute Gasteiger partial charge is 0.390 e. The second-order valence-corrected chi connectivity index (χ2v) is 15.4.